The minimum Gasteiger partial charge on any atom is -0.463 e. The lowest BCUT2D eigenvalue weighted by molar-refractivity contribution is -0.123. The molecule has 10 nitrogen and oxygen atoms in total. The van der Waals surface area contributed by atoms with Crippen molar-refractivity contribution in [2.75, 3.05) is 13.9 Å². The summed E-state index contributed by atoms with van der Waals surface area (Å²) in [4.78, 5) is 38.3. The number of furan rings is 1. The molecule has 10 heteroatoms. The molecule has 37 heavy (non-hydrogen) atoms. The van der Waals surface area contributed by atoms with Gasteiger partial charge in [-0.25, -0.2) is 9.59 Å². The normalized spacial score (nSPS) is 15.6. The second-order valence-corrected chi connectivity index (χ2v) is 8.55. The van der Waals surface area contributed by atoms with Crippen molar-refractivity contribution in [3.8, 4) is 11.5 Å². The Kier molecular flexibility index (Phi) is 5.41. The molecule has 0 spiro atoms. The van der Waals surface area contributed by atoms with Crippen LogP contribution in [0.4, 0.5) is 4.79 Å². The van der Waals surface area contributed by atoms with Crippen LogP contribution in [0.2, 0.25) is 0 Å². The number of methoxy groups -OCH3 is 1. The first kappa shape index (κ1) is 22.5. The Morgan fingerprint density at radius 3 is 2.76 bits per heavy atom. The predicted octanol–water partition coefficient (Wildman–Crippen LogP) is 3.89. The fourth-order valence-corrected chi connectivity index (χ4v) is 4.46. The molecule has 0 unspecified atom stereocenters. The number of aromatic nitrogens is 1. The lowest BCUT2D eigenvalue weighted by Gasteiger charge is -2.09. The van der Waals surface area contributed by atoms with E-state index in [0.29, 0.717) is 12.3 Å². The van der Waals surface area contributed by atoms with Crippen molar-refractivity contribution >= 4 is 34.9 Å². The van der Waals surface area contributed by atoms with Gasteiger partial charge in [-0.3, -0.25) is 9.69 Å². The quantitative estimate of drug-likeness (QED) is 0.243. The van der Waals surface area contributed by atoms with E-state index in [1.807, 2.05) is 48.7 Å². The average molecular weight is 499 g/mol. The monoisotopic (exact) mass is 499 g/mol. The molecule has 2 aliphatic heterocycles. The molecule has 0 atom stereocenters. The van der Waals surface area contributed by atoms with Gasteiger partial charge in [-0.05, 0) is 42.0 Å². The van der Waals surface area contributed by atoms with Crippen molar-refractivity contribution in [3.05, 3.63) is 89.1 Å². The van der Waals surface area contributed by atoms with Crippen LogP contribution in [0.25, 0.3) is 17.0 Å². The topological polar surface area (TPSA) is 112 Å². The minimum absolute atomic E-state index is 0.00408. The van der Waals surface area contributed by atoms with Crippen molar-refractivity contribution in [2.24, 2.45) is 0 Å². The second kappa shape index (κ2) is 8.90. The number of carbonyl (C=O) groups excluding carboxylic acids is 3. The summed E-state index contributed by atoms with van der Waals surface area (Å²) in [5.74, 6) is 0.587. The number of amides is 3. The number of nitrogens with zero attached hydrogens (tertiary/aromatic N) is 2. The van der Waals surface area contributed by atoms with Crippen LogP contribution in [-0.4, -0.2) is 41.3 Å². The Hall–Kier alpha value is -4.99. The first-order valence-corrected chi connectivity index (χ1v) is 11.5. The van der Waals surface area contributed by atoms with Crippen molar-refractivity contribution in [2.45, 2.75) is 13.1 Å². The number of rotatable bonds is 6. The van der Waals surface area contributed by atoms with Gasteiger partial charge in [0.2, 0.25) is 12.6 Å². The van der Waals surface area contributed by atoms with Gasteiger partial charge in [0.05, 0.1) is 13.7 Å². The zero-order chi connectivity index (χ0) is 25.5. The number of urea groups is 1. The van der Waals surface area contributed by atoms with Crippen LogP contribution < -0.4 is 14.8 Å². The summed E-state index contributed by atoms with van der Waals surface area (Å²) in [5, 5.41) is 3.58. The predicted molar refractivity (Wildman–Crippen MR) is 131 cm³/mol. The molecular weight excluding hydrogens is 478 g/mol. The molecule has 3 amide bonds. The van der Waals surface area contributed by atoms with Crippen LogP contribution in [0.5, 0.6) is 11.5 Å². The average Bonchev–Trinajstić information content (AvgIpc) is 3.69. The van der Waals surface area contributed by atoms with Crippen molar-refractivity contribution < 1.29 is 33.0 Å². The fourth-order valence-electron chi connectivity index (χ4n) is 4.46. The molecule has 2 aliphatic rings. The lowest BCUT2D eigenvalue weighted by atomic mass is 10.1. The van der Waals surface area contributed by atoms with Gasteiger partial charge in [0.15, 0.2) is 11.5 Å². The molecule has 0 aliphatic carbocycles. The van der Waals surface area contributed by atoms with E-state index < -0.39 is 17.9 Å². The largest absolute Gasteiger partial charge is 0.463 e. The highest BCUT2D eigenvalue weighted by Crippen LogP contribution is 2.33. The van der Waals surface area contributed by atoms with Crippen LogP contribution in [0, 0.1) is 0 Å². The van der Waals surface area contributed by atoms with Crippen molar-refractivity contribution in [1.29, 1.82) is 0 Å². The first-order valence-electron chi connectivity index (χ1n) is 11.5. The number of benzene rings is 2. The molecule has 0 radical (unpaired) electrons. The molecular formula is C27H21N3O7. The molecule has 186 valence electrons. The second-order valence-electron chi connectivity index (χ2n) is 8.55. The Labute approximate surface area is 210 Å². The van der Waals surface area contributed by atoms with E-state index in [1.54, 1.807) is 6.08 Å². The van der Waals surface area contributed by atoms with Crippen LogP contribution in [0.1, 0.15) is 27.4 Å². The van der Waals surface area contributed by atoms with E-state index in [4.69, 9.17) is 13.9 Å². The molecule has 1 fully saturated rings. The van der Waals surface area contributed by atoms with E-state index in [-0.39, 0.29) is 30.6 Å². The van der Waals surface area contributed by atoms with Crippen LogP contribution in [0.15, 0.2) is 70.9 Å². The summed E-state index contributed by atoms with van der Waals surface area (Å²) in [5.41, 5.74) is 2.94. The van der Waals surface area contributed by atoms with E-state index >= 15 is 0 Å². The van der Waals surface area contributed by atoms with E-state index in [1.165, 1.54) is 19.2 Å². The van der Waals surface area contributed by atoms with Crippen molar-refractivity contribution in [3.63, 3.8) is 0 Å². The number of para-hydroxylation sites is 1. The zero-order valence-corrected chi connectivity index (χ0v) is 19.7. The zero-order valence-electron chi connectivity index (χ0n) is 19.7. The van der Waals surface area contributed by atoms with E-state index in [9.17, 15) is 14.4 Å². The molecule has 4 aromatic rings. The van der Waals surface area contributed by atoms with Crippen LogP contribution >= 0.6 is 0 Å². The van der Waals surface area contributed by atoms with Crippen LogP contribution in [-0.2, 0) is 22.6 Å². The Morgan fingerprint density at radius 1 is 1.05 bits per heavy atom. The third-order valence-corrected chi connectivity index (χ3v) is 6.23. The maximum atomic E-state index is 13.1. The number of nitrogens with one attached hydrogen (secondary N) is 1. The highest BCUT2D eigenvalue weighted by molar-refractivity contribution is 6.14. The summed E-state index contributed by atoms with van der Waals surface area (Å²) in [6.45, 7) is 0.671. The Morgan fingerprint density at radius 2 is 1.89 bits per heavy atom. The minimum atomic E-state index is -0.638. The van der Waals surface area contributed by atoms with E-state index in [2.05, 4.69) is 14.6 Å². The van der Waals surface area contributed by atoms with E-state index in [0.717, 1.165) is 32.7 Å². The van der Waals surface area contributed by atoms with Gasteiger partial charge < -0.3 is 28.5 Å². The number of esters is 1. The molecule has 0 bridgehead atoms. The van der Waals surface area contributed by atoms with Crippen molar-refractivity contribution in [1.82, 2.24) is 14.8 Å². The number of hydrogen-bond acceptors (Lipinski definition) is 7. The summed E-state index contributed by atoms with van der Waals surface area (Å²) >= 11 is 0. The standard InChI is InChI=1S/C27H21N3O7/c1-34-26(32)23-9-7-18(37-23)14-30-25(31)20(28-27(30)33)11-17-13-29(21-5-3-2-4-19(17)21)12-16-6-8-22-24(10-16)36-15-35-22/h2-11,13H,12,14-15H2,1H3,(H,28,33). The lowest BCUT2D eigenvalue weighted by Crippen LogP contribution is -2.30. The van der Waals surface area contributed by atoms with Gasteiger partial charge in [-0.15, -0.1) is 0 Å². The molecule has 2 aromatic heterocycles. The van der Waals surface area contributed by atoms with Crippen LogP contribution in [0.3, 0.4) is 0 Å². The number of imide groups is 1. The van der Waals surface area contributed by atoms with Gasteiger partial charge in [0.1, 0.15) is 11.5 Å². The smallest absolute Gasteiger partial charge is 0.373 e. The number of ether oxygens (including phenoxy) is 3. The highest BCUT2D eigenvalue weighted by atomic mass is 16.7. The maximum absolute atomic E-state index is 13.1. The summed E-state index contributed by atoms with van der Waals surface area (Å²) < 4.78 is 23.0. The van der Waals surface area contributed by atoms with Gasteiger partial charge in [0, 0.05) is 29.2 Å². The maximum Gasteiger partial charge on any atom is 0.373 e. The molecule has 6 rings (SSSR count). The third kappa shape index (κ3) is 4.08. The summed E-state index contributed by atoms with van der Waals surface area (Å²) in [6, 6.07) is 16.1. The van der Waals surface area contributed by atoms with Gasteiger partial charge in [0.25, 0.3) is 5.91 Å². The first-order chi connectivity index (χ1) is 18.0. The number of hydrogen-bond donors (Lipinski definition) is 1. The summed E-state index contributed by atoms with van der Waals surface area (Å²) in [6.07, 6.45) is 3.61. The number of fused-ring (bicyclic) bond motifs is 2. The third-order valence-electron chi connectivity index (χ3n) is 6.23. The Bertz CT molecular complexity index is 1600. The highest BCUT2D eigenvalue weighted by Gasteiger charge is 2.34. The molecule has 0 saturated carbocycles. The van der Waals surface area contributed by atoms with Gasteiger partial charge in [-0.1, -0.05) is 24.3 Å². The molecule has 4 heterocycles. The Balaban J connectivity index is 1.27. The fraction of sp³-hybridized carbons (Fsp3) is 0.148. The number of carbonyl (C=O) groups is 3. The van der Waals surface area contributed by atoms with Gasteiger partial charge >= 0.3 is 12.0 Å². The van der Waals surface area contributed by atoms with Gasteiger partial charge in [-0.2, -0.15) is 0 Å². The molecule has 2 aromatic carbocycles. The molecule has 1 saturated heterocycles. The summed E-state index contributed by atoms with van der Waals surface area (Å²) in [7, 11) is 1.24. The molecule has 1 N–H and O–H groups in total. The SMILES string of the molecule is COC(=O)c1ccc(CN2C(=O)NC(=Cc3cn(Cc4ccc5c(c4)OCO5)c4ccccc34)C2=O)o1.